The summed E-state index contributed by atoms with van der Waals surface area (Å²) in [6.45, 7) is 8.19. The molecule has 0 aliphatic carbocycles. The van der Waals surface area contributed by atoms with E-state index in [1.54, 1.807) is 12.1 Å². The van der Waals surface area contributed by atoms with Gasteiger partial charge >= 0.3 is 0 Å². The maximum atomic E-state index is 13.4. The Morgan fingerprint density at radius 2 is 1.81 bits per heavy atom. The SMILES string of the molecule is CC(C)[C@H](C)NC(=O)CSc1nnc([C@H](C)[NH+](C)C)n1-c1ccc(F)cc1. The number of carbonyl (C=O) groups excluding carboxylic acids is 1. The molecule has 0 fully saturated rings. The van der Waals surface area contributed by atoms with Crippen LogP contribution in [0.2, 0.25) is 0 Å². The molecule has 27 heavy (non-hydrogen) atoms. The van der Waals surface area contributed by atoms with Gasteiger partial charge in [0.2, 0.25) is 5.91 Å². The van der Waals surface area contributed by atoms with Gasteiger partial charge in [0.25, 0.3) is 0 Å². The molecule has 1 amide bonds. The van der Waals surface area contributed by atoms with Gasteiger partial charge in [-0.05, 0) is 44.0 Å². The first-order valence-electron chi connectivity index (χ1n) is 9.14. The normalized spacial score (nSPS) is 13.8. The summed E-state index contributed by atoms with van der Waals surface area (Å²) in [5.41, 5.74) is 0.781. The first kappa shape index (κ1) is 21.4. The number of halogens is 1. The molecule has 6 nitrogen and oxygen atoms in total. The fraction of sp³-hybridized carbons (Fsp3) is 0.526. The smallest absolute Gasteiger partial charge is 0.230 e. The van der Waals surface area contributed by atoms with Crippen LogP contribution in [0.4, 0.5) is 4.39 Å². The summed E-state index contributed by atoms with van der Waals surface area (Å²) in [5.74, 6) is 1.07. The van der Waals surface area contributed by atoms with Crippen molar-refractivity contribution in [2.75, 3.05) is 19.8 Å². The summed E-state index contributed by atoms with van der Waals surface area (Å²) in [6.07, 6.45) is 0. The van der Waals surface area contributed by atoms with Crippen molar-refractivity contribution < 1.29 is 14.1 Å². The minimum Gasteiger partial charge on any atom is -0.353 e. The molecule has 2 N–H and O–H groups in total. The Morgan fingerprint density at radius 1 is 1.19 bits per heavy atom. The lowest BCUT2D eigenvalue weighted by atomic mass is 10.1. The third kappa shape index (κ3) is 5.52. The molecule has 0 aliphatic rings. The van der Waals surface area contributed by atoms with Gasteiger partial charge in [-0.3, -0.25) is 9.36 Å². The van der Waals surface area contributed by atoms with Crippen LogP contribution >= 0.6 is 11.8 Å². The van der Waals surface area contributed by atoms with Gasteiger partial charge in [-0.2, -0.15) is 0 Å². The molecule has 2 atom stereocenters. The standard InChI is InChI=1S/C19H28FN5OS/c1-12(2)13(3)21-17(26)11-27-19-23-22-18(14(4)24(5)6)25(19)16-9-7-15(20)8-10-16/h7-10,12-14H,11H2,1-6H3,(H,21,26)/p+1/t13-,14-/m0/s1. The van der Waals surface area contributed by atoms with Crippen molar-refractivity contribution in [2.45, 2.75) is 44.9 Å². The molecule has 1 aromatic carbocycles. The number of amides is 1. The number of thioether (sulfide) groups is 1. The van der Waals surface area contributed by atoms with Gasteiger partial charge in [-0.1, -0.05) is 25.6 Å². The lowest BCUT2D eigenvalue weighted by Gasteiger charge is -2.18. The number of rotatable bonds is 8. The number of nitrogens with zero attached hydrogens (tertiary/aromatic N) is 3. The van der Waals surface area contributed by atoms with Crippen LogP contribution in [-0.4, -0.2) is 46.6 Å². The molecule has 0 radical (unpaired) electrons. The van der Waals surface area contributed by atoms with Crippen LogP contribution in [0, 0.1) is 11.7 Å². The number of aromatic nitrogens is 3. The van der Waals surface area contributed by atoms with E-state index in [2.05, 4.69) is 36.3 Å². The molecule has 0 saturated heterocycles. The van der Waals surface area contributed by atoms with Crippen LogP contribution < -0.4 is 10.2 Å². The third-order valence-electron chi connectivity index (χ3n) is 4.72. The van der Waals surface area contributed by atoms with Gasteiger partial charge in [0.15, 0.2) is 11.0 Å². The van der Waals surface area contributed by atoms with Gasteiger partial charge < -0.3 is 10.2 Å². The summed E-state index contributed by atoms with van der Waals surface area (Å²) in [6, 6.07) is 6.43. The second-order valence-electron chi connectivity index (χ2n) is 7.34. The second kappa shape index (κ2) is 9.32. The quantitative estimate of drug-likeness (QED) is 0.671. The fourth-order valence-electron chi connectivity index (χ4n) is 2.34. The van der Waals surface area contributed by atoms with E-state index in [0.29, 0.717) is 11.1 Å². The van der Waals surface area contributed by atoms with E-state index in [4.69, 9.17) is 0 Å². The van der Waals surface area contributed by atoms with Crippen molar-refractivity contribution >= 4 is 17.7 Å². The maximum absolute atomic E-state index is 13.4. The van der Waals surface area contributed by atoms with Crippen molar-refractivity contribution in [3.63, 3.8) is 0 Å². The molecular formula is C19H29FN5OS+. The summed E-state index contributed by atoms with van der Waals surface area (Å²) in [7, 11) is 4.09. The Hall–Kier alpha value is -1.93. The molecule has 2 aromatic rings. The largest absolute Gasteiger partial charge is 0.353 e. The minimum absolute atomic E-state index is 0.0392. The number of hydrogen-bond acceptors (Lipinski definition) is 4. The zero-order valence-electron chi connectivity index (χ0n) is 16.8. The number of hydrogen-bond donors (Lipinski definition) is 2. The van der Waals surface area contributed by atoms with E-state index in [9.17, 15) is 9.18 Å². The monoisotopic (exact) mass is 394 g/mol. The summed E-state index contributed by atoms with van der Waals surface area (Å²) in [4.78, 5) is 13.4. The zero-order chi connectivity index (χ0) is 20.1. The van der Waals surface area contributed by atoms with Gasteiger partial charge in [-0.25, -0.2) is 4.39 Å². The van der Waals surface area contributed by atoms with Crippen LogP contribution in [0.15, 0.2) is 29.4 Å². The molecule has 1 heterocycles. The first-order chi connectivity index (χ1) is 12.7. The summed E-state index contributed by atoms with van der Waals surface area (Å²) < 4.78 is 15.3. The van der Waals surface area contributed by atoms with Gasteiger partial charge in [0.1, 0.15) is 11.9 Å². The Bertz CT molecular complexity index is 760. The van der Waals surface area contributed by atoms with Crippen molar-refractivity contribution in [1.29, 1.82) is 0 Å². The zero-order valence-corrected chi connectivity index (χ0v) is 17.6. The highest BCUT2D eigenvalue weighted by Crippen LogP contribution is 2.24. The molecule has 1 aromatic heterocycles. The maximum Gasteiger partial charge on any atom is 0.230 e. The third-order valence-corrected chi connectivity index (χ3v) is 5.65. The number of carbonyl (C=O) groups is 1. The molecule has 0 unspecified atom stereocenters. The number of quaternary nitrogens is 1. The van der Waals surface area contributed by atoms with Gasteiger partial charge in [-0.15, -0.1) is 10.2 Å². The lowest BCUT2D eigenvalue weighted by molar-refractivity contribution is -0.890. The average molecular weight is 395 g/mol. The van der Waals surface area contributed by atoms with Crippen molar-refractivity contribution in [3.05, 3.63) is 35.9 Å². The van der Waals surface area contributed by atoms with E-state index in [-0.39, 0.29) is 29.6 Å². The fourth-order valence-corrected chi connectivity index (χ4v) is 3.11. The van der Waals surface area contributed by atoms with E-state index in [1.165, 1.54) is 28.8 Å². The second-order valence-corrected chi connectivity index (χ2v) is 8.28. The highest BCUT2D eigenvalue weighted by atomic mass is 32.2. The predicted molar refractivity (Wildman–Crippen MR) is 106 cm³/mol. The van der Waals surface area contributed by atoms with Gasteiger partial charge in [0, 0.05) is 11.7 Å². The molecule has 148 valence electrons. The Balaban J connectivity index is 2.26. The van der Waals surface area contributed by atoms with Crippen LogP contribution in [0.5, 0.6) is 0 Å². The number of nitrogens with one attached hydrogen (secondary N) is 2. The first-order valence-corrected chi connectivity index (χ1v) is 10.1. The van der Waals surface area contributed by atoms with Crippen molar-refractivity contribution in [1.82, 2.24) is 20.1 Å². The highest BCUT2D eigenvalue weighted by Gasteiger charge is 2.24. The Kier molecular flexibility index (Phi) is 7.38. The molecule has 0 spiro atoms. The van der Waals surface area contributed by atoms with Crippen molar-refractivity contribution in [3.8, 4) is 5.69 Å². The van der Waals surface area contributed by atoms with Crippen LogP contribution in [0.3, 0.4) is 0 Å². The lowest BCUT2D eigenvalue weighted by Crippen LogP contribution is -3.05. The Labute approximate surface area is 164 Å². The predicted octanol–water partition coefficient (Wildman–Crippen LogP) is 1.86. The van der Waals surface area contributed by atoms with E-state index in [0.717, 1.165) is 11.5 Å². The highest BCUT2D eigenvalue weighted by molar-refractivity contribution is 7.99. The van der Waals surface area contributed by atoms with E-state index >= 15 is 0 Å². The van der Waals surface area contributed by atoms with Gasteiger partial charge in [0.05, 0.1) is 19.8 Å². The topological polar surface area (TPSA) is 64.2 Å². The molecule has 2 rings (SSSR count). The molecular weight excluding hydrogens is 365 g/mol. The van der Waals surface area contributed by atoms with Crippen molar-refractivity contribution in [2.24, 2.45) is 5.92 Å². The molecule has 0 aliphatic heterocycles. The summed E-state index contributed by atoms with van der Waals surface area (Å²) in [5, 5.41) is 12.3. The molecule has 0 bridgehead atoms. The van der Waals surface area contributed by atoms with Crippen LogP contribution in [0.1, 0.15) is 39.6 Å². The van der Waals surface area contributed by atoms with E-state index < -0.39 is 0 Å². The molecule has 8 heteroatoms. The van der Waals surface area contributed by atoms with E-state index in [1.807, 2.05) is 25.6 Å². The van der Waals surface area contributed by atoms with Crippen LogP contribution in [0.25, 0.3) is 5.69 Å². The number of benzene rings is 1. The minimum atomic E-state index is -0.295. The molecule has 0 saturated carbocycles. The summed E-state index contributed by atoms with van der Waals surface area (Å²) >= 11 is 1.33. The Morgan fingerprint density at radius 3 is 2.37 bits per heavy atom. The van der Waals surface area contributed by atoms with Crippen LogP contribution in [-0.2, 0) is 4.79 Å². The average Bonchev–Trinajstić information content (AvgIpc) is 3.03.